The number of ether oxygens (including phenoxy) is 1. The van der Waals surface area contributed by atoms with Gasteiger partial charge in [-0.25, -0.2) is 0 Å². The number of likely N-dealkylation sites (tertiary alicyclic amines) is 1. The molecule has 0 unspecified atom stereocenters. The average molecular weight is 398 g/mol. The summed E-state index contributed by atoms with van der Waals surface area (Å²) in [4.78, 5) is 32.2. The van der Waals surface area contributed by atoms with Crippen molar-refractivity contribution >= 4 is 23.2 Å². The molecule has 5 rings (SSSR count). The zero-order valence-corrected chi connectivity index (χ0v) is 16.6. The van der Waals surface area contributed by atoms with Crippen molar-refractivity contribution in [2.24, 2.45) is 11.8 Å². The van der Waals surface area contributed by atoms with Crippen molar-refractivity contribution in [1.82, 2.24) is 15.2 Å². The van der Waals surface area contributed by atoms with E-state index in [1.807, 2.05) is 23.3 Å². The Bertz CT molecular complexity index is 915. The Labute approximate surface area is 167 Å². The monoisotopic (exact) mass is 397 g/mol. The van der Waals surface area contributed by atoms with Gasteiger partial charge in [-0.15, -0.1) is 11.3 Å². The lowest BCUT2D eigenvalue weighted by molar-refractivity contribution is 0.00321. The molecule has 3 saturated heterocycles. The van der Waals surface area contributed by atoms with Crippen LogP contribution in [0.25, 0.3) is 0 Å². The van der Waals surface area contributed by atoms with Gasteiger partial charge in [0.2, 0.25) is 0 Å². The number of rotatable bonds is 4. The lowest BCUT2D eigenvalue weighted by atomic mass is 9.73. The fraction of sp³-hybridized carbons (Fsp3) is 0.476. The van der Waals surface area contributed by atoms with E-state index in [4.69, 9.17) is 4.74 Å². The minimum atomic E-state index is -0.227. The Balaban J connectivity index is 1.29. The second-order valence-electron chi connectivity index (χ2n) is 8.10. The van der Waals surface area contributed by atoms with Gasteiger partial charge in [-0.1, -0.05) is 0 Å². The van der Waals surface area contributed by atoms with Crippen LogP contribution in [-0.2, 0) is 4.74 Å². The third-order valence-corrected chi connectivity index (χ3v) is 7.55. The Morgan fingerprint density at radius 1 is 1.43 bits per heavy atom. The van der Waals surface area contributed by atoms with E-state index >= 15 is 0 Å². The maximum Gasteiger partial charge on any atom is 0.264 e. The van der Waals surface area contributed by atoms with E-state index in [1.54, 1.807) is 24.5 Å². The van der Waals surface area contributed by atoms with E-state index < -0.39 is 0 Å². The van der Waals surface area contributed by atoms with Crippen LogP contribution in [0.3, 0.4) is 0 Å². The molecule has 0 aromatic carbocycles. The first-order valence-corrected chi connectivity index (χ1v) is 10.6. The number of hydrogen-bond acceptors (Lipinski definition) is 5. The van der Waals surface area contributed by atoms with Gasteiger partial charge < -0.3 is 15.0 Å². The zero-order chi connectivity index (χ0) is 19.3. The highest BCUT2D eigenvalue weighted by molar-refractivity contribution is 7.12. The van der Waals surface area contributed by atoms with Crippen molar-refractivity contribution in [2.75, 3.05) is 19.6 Å². The molecule has 2 aromatic rings. The van der Waals surface area contributed by atoms with Crippen LogP contribution in [0.4, 0.5) is 0 Å². The number of carbonyl (C=O) groups is 2. The molecule has 1 N–H and O–H groups in total. The largest absolute Gasteiger partial charge is 0.369 e. The molecule has 7 heteroatoms. The summed E-state index contributed by atoms with van der Waals surface area (Å²) in [5.74, 6) is 0.535. The van der Waals surface area contributed by atoms with Crippen LogP contribution in [0.15, 0.2) is 36.0 Å². The van der Waals surface area contributed by atoms with Gasteiger partial charge in [-0.2, -0.15) is 0 Å². The van der Waals surface area contributed by atoms with E-state index in [-0.39, 0.29) is 35.4 Å². The van der Waals surface area contributed by atoms with Gasteiger partial charge in [-0.05, 0) is 48.9 Å². The highest BCUT2D eigenvalue weighted by Crippen LogP contribution is 2.54. The smallest absolute Gasteiger partial charge is 0.264 e. The molecule has 5 heterocycles. The van der Waals surface area contributed by atoms with Gasteiger partial charge in [0, 0.05) is 37.3 Å². The van der Waals surface area contributed by atoms with E-state index in [0.717, 1.165) is 23.3 Å². The number of thiophene rings is 1. The summed E-state index contributed by atoms with van der Waals surface area (Å²) in [5.41, 5.74) is 1.38. The predicted molar refractivity (Wildman–Crippen MR) is 105 cm³/mol. The number of aryl methyl sites for hydroxylation is 1. The Hall–Kier alpha value is -2.25. The summed E-state index contributed by atoms with van der Waals surface area (Å²) in [5, 5.41) is 5.02. The fourth-order valence-corrected chi connectivity index (χ4v) is 6.06. The minimum absolute atomic E-state index is 0.106. The van der Waals surface area contributed by atoms with Crippen LogP contribution in [0, 0.1) is 18.8 Å². The molecule has 3 aliphatic heterocycles. The summed E-state index contributed by atoms with van der Waals surface area (Å²) < 4.78 is 6.41. The second-order valence-corrected chi connectivity index (χ2v) is 9.02. The number of amides is 2. The lowest BCUT2D eigenvalue weighted by Gasteiger charge is -2.29. The van der Waals surface area contributed by atoms with Gasteiger partial charge >= 0.3 is 0 Å². The van der Waals surface area contributed by atoms with E-state index in [9.17, 15) is 9.59 Å². The van der Waals surface area contributed by atoms with Crippen molar-refractivity contribution in [3.05, 3.63) is 52.0 Å². The van der Waals surface area contributed by atoms with Crippen LogP contribution in [0.5, 0.6) is 0 Å². The van der Waals surface area contributed by atoms with Crippen molar-refractivity contribution in [2.45, 2.75) is 31.5 Å². The minimum Gasteiger partial charge on any atom is -0.369 e. The molecule has 1 spiro atoms. The number of nitrogens with zero attached hydrogens (tertiary/aromatic N) is 2. The third-order valence-electron chi connectivity index (χ3n) is 6.55. The maximum atomic E-state index is 13.0. The first-order valence-electron chi connectivity index (χ1n) is 9.77. The van der Waals surface area contributed by atoms with Crippen molar-refractivity contribution in [1.29, 1.82) is 0 Å². The quantitative estimate of drug-likeness (QED) is 0.861. The molecule has 3 fully saturated rings. The Morgan fingerprint density at radius 2 is 2.32 bits per heavy atom. The molecule has 6 nitrogen and oxygen atoms in total. The van der Waals surface area contributed by atoms with Crippen molar-refractivity contribution in [3.8, 4) is 0 Å². The standard InChI is InChI=1S/C21H23N3O3S/c1-13-5-8-28-18(13)20(26)24-11-16-15(17-4-6-21(16,12-24)27-17)10-23-19(25)14-3-2-7-22-9-14/h2-3,5,7-9,15-17H,4,6,10-12H2,1H3,(H,23,25)/t15-,16+,17+,21+/m0/s1. The molecule has 0 radical (unpaired) electrons. The average Bonchev–Trinajstić information content (AvgIpc) is 3.46. The Morgan fingerprint density at radius 3 is 3.07 bits per heavy atom. The van der Waals surface area contributed by atoms with Gasteiger partial charge in [0.1, 0.15) is 0 Å². The molecule has 0 aliphatic carbocycles. The molecule has 2 bridgehead atoms. The van der Waals surface area contributed by atoms with E-state index in [2.05, 4.69) is 10.3 Å². The first kappa shape index (κ1) is 17.8. The summed E-state index contributed by atoms with van der Waals surface area (Å²) >= 11 is 1.51. The normalized spacial score (nSPS) is 30.5. The number of hydrogen-bond donors (Lipinski definition) is 1. The summed E-state index contributed by atoms with van der Waals surface area (Å²) in [6.07, 6.45) is 5.42. The number of carbonyl (C=O) groups excluding carboxylic acids is 2. The molecular weight excluding hydrogens is 374 g/mol. The third kappa shape index (κ3) is 2.76. The fourth-order valence-electron chi connectivity index (χ4n) is 5.16. The molecule has 4 atom stereocenters. The van der Waals surface area contributed by atoms with Crippen LogP contribution >= 0.6 is 11.3 Å². The van der Waals surface area contributed by atoms with Crippen LogP contribution < -0.4 is 5.32 Å². The van der Waals surface area contributed by atoms with Crippen molar-refractivity contribution in [3.63, 3.8) is 0 Å². The molecule has 146 valence electrons. The maximum absolute atomic E-state index is 13.0. The lowest BCUT2D eigenvalue weighted by Crippen LogP contribution is -2.41. The highest BCUT2D eigenvalue weighted by Gasteiger charge is 2.63. The van der Waals surface area contributed by atoms with Gasteiger partial charge in [0.25, 0.3) is 11.8 Å². The summed E-state index contributed by atoms with van der Waals surface area (Å²) in [6, 6.07) is 5.52. The molecular formula is C21H23N3O3S. The SMILES string of the molecule is Cc1ccsc1C(=O)N1C[C@@H]2[C@H](CNC(=O)c3cccnc3)[C@H]3CC[C@]2(C1)O3. The Kier molecular flexibility index (Phi) is 4.25. The summed E-state index contributed by atoms with van der Waals surface area (Å²) in [6.45, 7) is 3.93. The summed E-state index contributed by atoms with van der Waals surface area (Å²) in [7, 11) is 0. The number of fused-ring (bicyclic) bond motifs is 1. The van der Waals surface area contributed by atoms with E-state index in [0.29, 0.717) is 25.2 Å². The molecule has 2 amide bonds. The van der Waals surface area contributed by atoms with Gasteiger partial charge in [0.05, 0.1) is 28.7 Å². The molecule has 3 aliphatic rings. The van der Waals surface area contributed by atoms with Gasteiger partial charge in [0.15, 0.2) is 0 Å². The second kappa shape index (κ2) is 6.67. The first-order chi connectivity index (χ1) is 13.6. The number of nitrogens with one attached hydrogen (secondary N) is 1. The van der Waals surface area contributed by atoms with Crippen LogP contribution in [0.1, 0.15) is 38.4 Å². The zero-order valence-electron chi connectivity index (χ0n) is 15.8. The van der Waals surface area contributed by atoms with Crippen molar-refractivity contribution < 1.29 is 14.3 Å². The molecule has 28 heavy (non-hydrogen) atoms. The number of aromatic nitrogens is 1. The number of pyridine rings is 1. The topological polar surface area (TPSA) is 71.5 Å². The highest BCUT2D eigenvalue weighted by atomic mass is 32.1. The van der Waals surface area contributed by atoms with Crippen LogP contribution in [0.2, 0.25) is 0 Å². The van der Waals surface area contributed by atoms with Crippen LogP contribution in [-0.4, -0.2) is 53.0 Å². The van der Waals surface area contributed by atoms with Gasteiger partial charge in [-0.3, -0.25) is 14.6 Å². The molecule has 2 aromatic heterocycles. The van der Waals surface area contributed by atoms with E-state index in [1.165, 1.54) is 11.3 Å². The molecule has 0 saturated carbocycles. The predicted octanol–water partition coefficient (Wildman–Crippen LogP) is 2.50.